The number of nitrogens with zero attached hydrogens (tertiary/aromatic N) is 1. The van der Waals surface area contributed by atoms with Crippen LogP contribution >= 0.6 is 15.9 Å². The lowest BCUT2D eigenvalue weighted by molar-refractivity contribution is -0.126. The first kappa shape index (κ1) is 10.4. The lowest BCUT2D eigenvalue weighted by Gasteiger charge is -2.34. The maximum atomic E-state index is 11.1. The normalized spacial score (nSPS) is 18.1. The predicted molar refractivity (Wildman–Crippen MR) is 60.4 cm³/mol. The van der Waals surface area contributed by atoms with Crippen molar-refractivity contribution in [3.05, 3.63) is 33.8 Å². The van der Waals surface area contributed by atoms with E-state index in [1.165, 1.54) is 0 Å². The average Bonchev–Trinajstić information content (AvgIpc) is 2.10. The van der Waals surface area contributed by atoms with Crippen molar-refractivity contribution in [2.45, 2.75) is 25.2 Å². The van der Waals surface area contributed by atoms with Crippen molar-refractivity contribution in [1.29, 1.82) is 5.26 Å². The van der Waals surface area contributed by atoms with Gasteiger partial charge in [-0.15, -0.1) is 0 Å². The largest absolute Gasteiger partial charge is 0.300 e. The Bertz CT molecular complexity index is 445. The SMILES string of the molecule is Cc1cc(Br)cc(C2(C#N)CC(=O)C2)c1. The summed E-state index contributed by atoms with van der Waals surface area (Å²) in [6, 6.07) is 8.19. The first-order chi connectivity index (χ1) is 7.05. The van der Waals surface area contributed by atoms with Gasteiger partial charge in [0.15, 0.2) is 0 Å². The van der Waals surface area contributed by atoms with E-state index in [1.807, 2.05) is 25.1 Å². The van der Waals surface area contributed by atoms with Crippen LogP contribution in [0.3, 0.4) is 0 Å². The van der Waals surface area contributed by atoms with E-state index < -0.39 is 5.41 Å². The molecule has 2 rings (SSSR count). The summed E-state index contributed by atoms with van der Waals surface area (Å²) < 4.78 is 0.964. The summed E-state index contributed by atoms with van der Waals surface area (Å²) in [6.07, 6.45) is 0.721. The quantitative estimate of drug-likeness (QED) is 0.782. The van der Waals surface area contributed by atoms with Crippen molar-refractivity contribution in [2.24, 2.45) is 0 Å². The van der Waals surface area contributed by atoms with E-state index in [-0.39, 0.29) is 5.78 Å². The third-order valence-corrected chi connectivity index (χ3v) is 3.26. The summed E-state index contributed by atoms with van der Waals surface area (Å²) >= 11 is 3.41. The summed E-state index contributed by atoms with van der Waals surface area (Å²) in [5, 5.41) is 9.17. The number of ketones is 1. The molecule has 1 saturated carbocycles. The van der Waals surface area contributed by atoms with E-state index in [1.54, 1.807) is 0 Å². The topological polar surface area (TPSA) is 40.9 Å². The third kappa shape index (κ3) is 1.70. The second kappa shape index (κ2) is 3.46. The molecule has 0 bridgehead atoms. The lowest BCUT2D eigenvalue weighted by Crippen LogP contribution is -2.40. The van der Waals surface area contributed by atoms with Crippen LogP contribution in [0, 0.1) is 18.3 Å². The smallest absolute Gasteiger partial charge is 0.136 e. The maximum Gasteiger partial charge on any atom is 0.136 e. The molecular formula is C12H10BrNO. The van der Waals surface area contributed by atoms with Gasteiger partial charge in [-0.3, -0.25) is 4.79 Å². The first-order valence-corrected chi connectivity index (χ1v) is 5.56. The van der Waals surface area contributed by atoms with Crippen LogP contribution in [0.4, 0.5) is 0 Å². The van der Waals surface area contributed by atoms with Gasteiger partial charge in [0.05, 0.1) is 11.5 Å². The van der Waals surface area contributed by atoms with E-state index in [4.69, 9.17) is 0 Å². The number of hydrogen-bond donors (Lipinski definition) is 0. The molecular weight excluding hydrogens is 254 g/mol. The van der Waals surface area contributed by atoms with Gasteiger partial charge in [-0.05, 0) is 30.2 Å². The van der Waals surface area contributed by atoms with Gasteiger partial charge in [-0.1, -0.05) is 22.0 Å². The highest BCUT2D eigenvalue weighted by molar-refractivity contribution is 9.10. The van der Waals surface area contributed by atoms with Gasteiger partial charge in [-0.2, -0.15) is 5.26 Å². The highest BCUT2D eigenvalue weighted by Gasteiger charge is 2.45. The number of benzene rings is 1. The van der Waals surface area contributed by atoms with E-state index in [2.05, 4.69) is 22.0 Å². The zero-order chi connectivity index (χ0) is 11.1. The minimum Gasteiger partial charge on any atom is -0.300 e. The number of carbonyl (C=O) groups is 1. The van der Waals surface area contributed by atoms with Gasteiger partial charge < -0.3 is 0 Å². The molecule has 0 aliphatic heterocycles. The number of halogens is 1. The monoisotopic (exact) mass is 263 g/mol. The number of aryl methyl sites for hydroxylation is 1. The Morgan fingerprint density at radius 1 is 1.40 bits per heavy atom. The van der Waals surface area contributed by atoms with Gasteiger partial charge >= 0.3 is 0 Å². The Hall–Kier alpha value is -1.14. The molecule has 1 aromatic carbocycles. The van der Waals surface area contributed by atoms with Crippen LogP contribution in [-0.2, 0) is 10.2 Å². The van der Waals surface area contributed by atoms with Gasteiger partial charge in [0.2, 0.25) is 0 Å². The van der Waals surface area contributed by atoms with Crippen molar-refractivity contribution >= 4 is 21.7 Å². The molecule has 0 saturated heterocycles. The zero-order valence-electron chi connectivity index (χ0n) is 8.38. The molecule has 1 aliphatic rings. The second-order valence-corrected chi connectivity index (χ2v) is 5.02. The Morgan fingerprint density at radius 3 is 2.53 bits per heavy atom. The van der Waals surface area contributed by atoms with Gasteiger partial charge in [0, 0.05) is 17.3 Å². The van der Waals surface area contributed by atoms with Crippen LogP contribution in [-0.4, -0.2) is 5.78 Å². The van der Waals surface area contributed by atoms with E-state index in [9.17, 15) is 10.1 Å². The molecule has 2 nitrogen and oxygen atoms in total. The van der Waals surface area contributed by atoms with Gasteiger partial charge in [-0.25, -0.2) is 0 Å². The highest BCUT2D eigenvalue weighted by atomic mass is 79.9. The van der Waals surface area contributed by atoms with Crippen molar-refractivity contribution in [3.8, 4) is 6.07 Å². The standard InChI is InChI=1S/C12H10BrNO/c1-8-2-9(4-10(13)3-8)12(7-14)5-11(15)6-12/h2-4H,5-6H2,1H3. The fraction of sp³-hybridized carbons (Fsp3) is 0.333. The molecule has 0 spiro atoms. The number of carbonyl (C=O) groups excluding carboxylic acids is 1. The second-order valence-electron chi connectivity index (χ2n) is 4.10. The zero-order valence-corrected chi connectivity index (χ0v) is 9.97. The van der Waals surface area contributed by atoms with E-state index in [0.29, 0.717) is 12.8 Å². The Kier molecular flexibility index (Phi) is 2.40. The molecule has 0 atom stereocenters. The fourth-order valence-electron chi connectivity index (χ4n) is 1.98. The molecule has 0 unspecified atom stereocenters. The van der Waals surface area contributed by atoms with Crippen LogP contribution < -0.4 is 0 Å². The van der Waals surface area contributed by atoms with Crippen LogP contribution in [0.2, 0.25) is 0 Å². The molecule has 1 aliphatic carbocycles. The predicted octanol–water partition coefficient (Wildman–Crippen LogP) is 2.88. The van der Waals surface area contributed by atoms with Crippen molar-refractivity contribution in [1.82, 2.24) is 0 Å². The van der Waals surface area contributed by atoms with Crippen LogP contribution in [0.25, 0.3) is 0 Å². The summed E-state index contributed by atoms with van der Waals surface area (Å²) in [7, 11) is 0. The Labute approximate surface area is 97.0 Å². The fourth-order valence-corrected chi connectivity index (χ4v) is 2.59. The summed E-state index contributed by atoms with van der Waals surface area (Å²) in [4.78, 5) is 11.1. The molecule has 0 aromatic heterocycles. The lowest BCUT2D eigenvalue weighted by atomic mass is 9.64. The summed E-state index contributed by atoms with van der Waals surface area (Å²) in [5.74, 6) is 0.175. The number of hydrogen-bond acceptors (Lipinski definition) is 2. The molecule has 0 heterocycles. The van der Waals surface area contributed by atoms with Crippen molar-refractivity contribution in [2.75, 3.05) is 0 Å². The minimum absolute atomic E-state index is 0.175. The van der Waals surface area contributed by atoms with Crippen LogP contribution in [0.1, 0.15) is 24.0 Å². The molecule has 0 amide bonds. The summed E-state index contributed by atoms with van der Waals surface area (Å²) in [6.45, 7) is 1.99. The third-order valence-electron chi connectivity index (χ3n) is 2.81. The molecule has 0 N–H and O–H groups in total. The highest BCUT2D eigenvalue weighted by Crippen LogP contribution is 2.41. The van der Waals surface area contributed by atoms with Gasteiger partial charge in [0.1, 0.15) is 5.78 Å². The Balaban J connectivity index is 2.45. The average molecular weight is 264 g/mol. The molecule has 1 fully saturated rings. The number of nitriles is 1. The van der Waals surface area contributed by atoms with E-state index in [0.717, 1.165) is 15.6 Å². The number of rotatable bonds is 1. The van der Waals surface area contributed by atoms with Crippen LogP contribution in [0.5, 0.6) is 0 Å². The number of Topliss-reactive ketones (excluding diaryl/α,β-unsaturated/α-hetero) is 1. The maximum absolute atomic E-state index is 11.1. The molecule has 76 valence electrons. The minimum atomic E-state index is -0.564. The summed E-state index contributed by atoms with van der Waals surface area (Å²) in [5.41, 5.74) is 1.50. The van der Waals surface area contributed by atoms with Gasteiger partial charge in [0.25, 0.3) is 0 Å². The molecule has 15 heavy (non-hydrogen) atoms. The molecule has 1 aromatic rings. The molecule has 0 radical (unpaired) electrons. The van der Waals surface area contributed by atoms with Crippen molar-refractivity contribution < 1.29 is 4.79 Å². The van der Waals surface area contributed by atoms with Crippen molar-refractivity contribution in [3.63, 3.8) is 0 Å². The van der Waals surface area contributed by atoms with E-state index >= 15 is 0 Å². The van der Waals surface area contributed by atoms with Crippen LogP contribution in [0.15, 0.2) is 22.7 Å². The first-order valence-electron chi connectivity index (χ1n) is 4.76. The Morgan fingerprint density at radius 2 is 2.07 bits per heavy atom. The molecule has 3 heteroatoms.